The lowest BCUT2D eigenvalue weighted by Gasteiger charge is -2.19. The molecule has 162 valence electrons. The number of hydrogen-bond donors (Lipinski definition) is 2. The molecule has 3 rings (SSSR count). The van der Waals surface area contributed by atoms with Crippen LogP contribution in [0.2, 0.25) is 5.02 Å². The van der Waals surface area contributed by atoms with Gasteiger partial charge < -0.3 is 5.32 Å². The Hall–Kier alpha value is -2.83. The van der Waals surface area contributed by atoms with Gasteiger partial charge in [-0.1, -0.05) is 62.7 Å². The number of carbonyl (C=O) groups is 1. The first-order valence-electron chi connectivity index (χ1n) is 9.79. The lowest BCUT2D eigenvalue weighted by atomic mass is 9.87. The highest BCUT2D eigenvalue weighted by atomic mass is 35.5. The SMILES string of the molecule is CC(C)(C)c1ccc(C(=O)Nc2cccc(NS(=O)(=O)Cc3ccc(Cl)cc3)c2)cc1. The Balaban J connectivity index is 1.68. The van der Waals surface area contributed by atoms with Gasteiger partial charge in [0.25, 0.3) is 5.91 Å². The van der Waals surface area contributed by atoms with E-state index in [0.717, 1.165) is 5.56 Å². The Labute approximate surface area is 188 Å². The average molecular weight is 457 g/mol. The molecule has 5 nitrogen and oxygen atoms in total. The van der Waals surface area contributed by atoms with E-state index in [1.807, 2.05) is 12.1 Å². The molecular formula is C24H25ClN2O3S. The first-order chi connectivity index (χ1) is 14.5. The van der Waals surface area contributed by atoms with Gasteiger partial charge in [-0.05, 0) is 59.0 Å². The number of rotatable bonds is 6. The van der Waals surface area contributed by atoms with Gasteiger partial charge >= 0.3 is 0 Å². The monoisotopic (exact) mass is 456 g/mol. The van der Waals surface area contributed by atoms with Gasteiger partial charge in [-0.3, -0.25) is 9.52 Å². The van der Waals surface area contributed by atoms with Gasteiger partial charge in [0, 0.05) is 16.3 Å². The van der Waals surface area contributed by atoms with Gasteiger partial charge in [-0.2, -0.15) is 0 Å². The largest absolute Gasteiger partial charge is 0.322 e. The van der Waals surface area contributed by atoms with Crippen molar-refractivity contribution in [1.82, 2.24) is 0 Å². The van der Waals surface area contributed by atoms with Crippen LogP contribution < -0.4 is 10.0 Å². The second-order valence-corrected chi connectivity index (χ2v) is 10.5. The zero-order valence-electron chi connectivity index (χ0n) is 17.6. The molecule has 2 N–H and O–H groups in total. The van der Waals surface area contributed by atoms with Gasteiger partial charge in [0.1, 0.15) is 0 Å². The van der Waals surface area contributed by atoms with Crippen LogP contribution in [0.25, 0.3) is 0 Å². The van der Waals surface area contributed by atoms with E-state index in [0.29, 0.717) is 27.5 Å². The zero-order chi connectivity index (χ0) is 22.6. The summed E-state index contributed by atoms with van der Waals surface area (Å²) >= 11 is 5.84. The number of benzene rings is 3. The molecule has 0 saturated heterocycles. The van der Waals surface area contributed by atoms with Crippen LogP contribution in [-0.4, -0.2) is 14.3 Å². The van der Waals surface area contributed by atoms with E-state index >= 15 is 0 Å². The van der Waals surface area contributed by atoms with E-state index < -0.39 is 10.0 Å². The van der Waals surface area contributed by atoms with Crippen LogP contribution in [0.1, 0.15) is 42.3 Å². The number of hydrogen-bond acceptors (Lipinski definition) is 3. The first kappa shape index (κ1) is 22.8. The second kappa shape index (κ2) is 9.12. The number of nitrogens with one attached hydrogen (secondary N) is 2. The van der Waals surface area contributed by atoms with Crippen molar-refractivity contribution in [3.05, 3.63) is 94.5 Å². The molecule has 0 aliphatic heterocycles. The minimum Gasteiger partial charge on any atom is -0.322 e. The Morgan fingerprint density at radius 1 is 0.903 bits per heavy atom. The van der Waals surface area contributed by atoms with Crippen LogP contribution in [-0.2, 0) is 21.2 Å². The van der Waals surface area contributed by atoms with Crippen molar-refractivity contribution in [2.45, 2.75) is 31.9 Å². The van der Waals surface area contributed by atoms with Crippen molar-refractivity contribution in [1.29, 1.82) is 0 Å². The summed E-state index contributed by atoms with van der Waals surface area (Å²) in [6, 6.07) is 20.7. The number of amides is 1. The third kappa shape index (κ3) is 6.57. The summed E-state index contributed by atoms with van der Waals surface area (Å²) in [5.41, 5.74) is 3.17. The summed E-state index contributed by atoms with van der Waals surface area (Å²) in [6.07, 6.45) is 0. The highest BCUT2D eigenvalue weighted by Crippen LogP contribution is 2.23. The Kier molecular flexibility index (Phi) is 6.72. The van der Waals surface area contributed by atoms with Crippen LogP contribution in [0.3, 0.4) is 0 Å². The predicted molar refractivity (Wildman–Crippen MR) is 127 cm³/mol. The van der Waals surface area contributed by atoms with Gasteiger partial charge in [-0.25, -0.2) is 8.42 Å². The predicted octanol–water partition coefficient (Wildman–Crippen LogP) is 5.83. The molecule has 1 amide bonds. The normalized spacial score (nSPS) is 11.7. The highest BCUT2D eigenvalue weighted by molar-refractivity contribution is 7.91. The number of halogens is 1. The Morgan fingerprint density at radius 3 is 2.13 bits per heavy atom. The van der Waals surface area contributed by atoms with Crippen molar-refractivity contribution >= 4 is 38.9 Å². The molecule has 3 aromatic carbocycles. The van der Waals surface area contributed by atoms with Crippen LogP contribution in [0.5, 0.6) is 0 Å². The molecular weight excluding hydrogens is 432 g/mol. The van der Waals surface area contributed by atoms with Crippen molar-refractivity contribution in [2.75, 3.05) is 10.0 Å². The molecule has 7 heteroatoms. The topological polar surface area (TPSA) is 75.3 Å². The van der Waals surface area contributed by atoms with E-state index in [4.69, 9.17) is 11.6 Å². The Bertz CT molecular complexity index is 1170. The molecule has 0 spiro atoms. The summed E-state index contributed by atoms with van der Waals surface area (Å²) in [4.78, 5) is 12.6. The van der Waals surface area contributed by atoms with Gasteiger partial charge in [0.15, 0.2) is 0 Å². The van der Waals surface area contributed by atoms with Crippen molar-refractivity contribution in [3.63, 3.8) is 0 Å². The highest BCUT2D eigenvalue weighted by Gasteiger charge is 2.15. The smallest absolute Gasteiger partial charge is 0.255 e. The van der Waals surface area contributed by atoms with Crippen molar-refractivity contribution < 1.29 is 13.2 Å². The van der Waals surface area contributed by atoms with Gasteiger partial charge in [-0.15, -0.1) is 0 Å². The fourth-order valence-corrected chi connectivity index (χ4v) is 4.32. The van der Waals surface area contributed by atoms with Crippen molar-refractivity contribution in [3.8, 4) is 0 Å². The maximum atomic E-state index is 12.6. The van der Waals surface area contributed by atoms with E-state index in [1.165, 1.54) is 0 Å². The molecule has 0 fully saturated rings. The summed E-state index contributed by atoms with van der Waals surface area (Å²) < 4.78 is 27.5. The molecule has 3 aromatic rings. The Morgan fingerprint density at radius 2 is 1.52 bits per heavy atom. The van der Waals surface area contributed by atoms with Crippen LogP contribution in [0.15, 0.2) is 72.8 Å². The van der Waals surface area contributed by atoms with E-state index in [2.05, 4.69) is 30.8 Å². The van der Waals surface area contributed by atoms with E-state index in [-0.39, 0.29) is 17.1 Å². The third-order valence-electron chi connectivity index (χ3n) is 4.68. The molecule has 0 aliphatic carbocycles. The van der Waals surface area contributed by atoms with Crippen molar-refractivity contribution in [2.24, 2.45) is 0 Å². The third-order valence-corrected chi connectivity index (χ3v) is 6.19. The molecule has 0 saturated carbocycles. The molecule has 0 atom stereocenters. The standard InChI is InChI=1S/C24H25ClN2O3S/c1-24(2,3)19-11-9-18(10-12-19)23(28)26-21-5-4-6-22(15-21)27-31(29,30)16-17-7-13-20(25)14-8-17/h4-15,27H,16H2,1-3H3,(H,26,28). The average Bonchev–Trinajstić information content (AvgIpc) is 2.69. The summed E-state index contributed by atoms with van der Waals surface area (Å²) in [5, 5.41) is 3.36. The summed E-state index contributed by atoms with van der Waals surface area (Å²) in [5.74, 6) is -0.442. The molecule has 31 heavy (non-hydrogen) atoms. The molecule has 0 aliphatic rings. The van der Waals surface area contributed by atoms with Crippen LogP contribution in [0, 0.1) is 0 Å². The molecule has 0 unspecified atom stereocenters. The lowest BCUT2D eigenvalue weighted by Crippen LogP contribution is -2.16. The molecule has 0 radical (unpaired) electrons. The quantitative estimate of drug-likeness (QED) is 0.489. The lowest BCUT2D eigenvalue weighted by molar-refractivity contribution is 0.102. The number of anilines is 2. The van der Waals surface area contributed by atoms with Gasteiger partial charge in [0.2, 0.25) is 10.0 Å². The zero-order valence-corrected chi connectivity index (χ0v) is 19.2. The minimum atomic E-state index is -3.62. The molecule has 0 heterocycles. The maximum absolute atomic E-state index is 12.6. The molecule has 0 bridgehead atoms. The van der Waals surface area contributed by atoms with E-state index in [1.54, 1.807) is 60.7 Å². The fraction of sp³-hybridized carbons (Fsp3) is 0.208. The number of sulfonamides is 1. The number of carbonyl (C=O) groups excluding carboxylic acids is 1. The summed E-state index contributed by atoms with van der Waals surface area (Å²) in [6.45, 7) is 6.34. The first-order valence-corrected chi connectivity index (χ1v) is 11.8. The summed E-state index contributed by atoms with van der Waals surface area (Å²) in [7, 11) is -3.62. The van der Waals surface area contributed by atoms with Crippen LogP contribution in [0.4, 0.5) is 11.4 Å². The molecule has 0 aromatic heterocycles. The second-order valence-electron chi connectivity index (χ2n) is 8.35. The van der Waals surface area contributed by atoms with E-state index in [9.17, 15) is 13.2 Å². The fourth-order valence-electron chi connectivity index (χ4n) is 3.00. The van der Waals surface area contributed by atoms with Gasteiger partial charge in [0.05, 0.1) is 11.4 Å². The minimum absolute atomic E-state index is 0.00646. The van der Waals surface area contributed by atoms with Crippen LogP contribution >= 0.6 is 11.6 Å². The maximum Gasteiger partial charge on any atom is 0.255 e.